The van der Waals surface area contributed by atoms with Gasteiger partial charge in [-0.25, -0.2) is 4.98 Å². The van der Waals surface area contributed by atoms with Gasteiger partial charge in [-0.3, -0.25) is 4.79 Å². The maximum atomic E-state index is 12.0. The zero-order valence-corrected chi connectivity index (χ0v) is 12.3. The summed E-state index contributed by atoms with van der Waals surface area (Å²) in [5.74, 6) is -0.0266. The van der Waals surface area contributed by atoms with Crippen LogP contribution in [0.15, 0.2) is 12.1 Å². The second-order valence-corrected chi connectivity index (χ2v) is 4.76. The number of aromatic nitrogens is 1. The van der Waals surface area contributed by atoms with Gasteiger partial charge in [0.05, 0.1) is 6.54 Å². The molecule has 0 radical (unpaired) electrons. The molecule has 1 heterocycles. The van der Waals surface area contributed by atoms with Gasteiger partial charge >= 0.3 is 0 Å². The SMILES string of the molecule is COC(CNC(=O)c1cc(Cl)nc(C(C)C)c1)OC. The van der Waals surface area contributed by atoms with Crippen molar-refractivity contribution in [3.63, 3.8) is 0 Å². The van der Waals surface area contributed by atoms with E-state index in [0.29, 0.717) is 10.7 Å². The number of carbonyl (C=O) groups excluding carboxylic acids is 1. The fraction of sp³-hybridized carbons (Fsp3) is 0.538. The third kappa shape index (κ3) is 4.78. The molecular weight excluding hydrogens is 268 g/mol. The fourth-order valence-electron chi connectivity index (χ4n) is 1.49. The third-order valence-corrected chi connectivity index (χ3v) is 2.82. The summed E-state index contributed by atoms with van der Waals surface area (Å²) in [6, 6.07) is 3.28. The van der Waals surface area contributed by atoms with Crippen molar-refractivity contribution >= 4 is 17.5 Å². The first kappa shape index (κ1) is 15.9. The van der Waals surface area contributed by atoms with Gasteiger partial charge in [0.15, 0.2) is 6.29 Å². The lowest BCUT2D eigenvalue weighted by Crippen LogP contribution is -2.34. The number of nitrogens with zero attached hydrogens (tertiary/aromatic N) is 1. The molecule has 1 aromatic rings. The van der Waals surface area contributed by atoms with Crippen molar-refractivity contribution in [1.29, 1.82) is 0 Å². The van der Waals surface area contributed by atoms with E-state index in [1.54, 1.807) is 6.07 Å². The van der Waals surface area contributed by atoms with Crippen LogP contribution in [-0.2, 0) is 9.47 Å². The van der Waals surface area contributed by atoms with Gasteiger partial charge in [0.25, 0.3) is 5.91 Å². The lowest BCUT2D eigenvalue weighted by atomic mass is 10.1. The number of carbonyl (C=O) groups is 1. The van der Waals surface area contributed by atoms with Crippen LogP contribution < -0.4 is 5.32 Å². The van der Waals surface area contributed by atoms with E-state index < -0.39 is 6.29 Å². The van der Waals surface area contributed by atoms with Crippen LogP contribution in [0.3, 0.4) is 0 Å². The van der Waals surface area contributed by atoms with E-state index in [1.165, 1.54) is 20.3 Å². The van der Waals surface area contributed by atoms with Crippen molar-refractivity contribution in [3.05, 3.63) is 28.5 Å². The van der Waals surface area contributed by atoms with Crippen LogP contribution in [0, 0.1) is 0 Å². The first-order chi connectivity index (χ1) is 8.97. The van der Waals surface area contributed by atoms with Gasteiger partial charge in [0.1, 0.15) is 5.15 Å². The molecule has 0 spiro atoms. The summed E-state index contributed by atoms with van der Waals surface area (Å²) < 4.78 is 9.99. The number of hydrogen-bond donors (Lipinski definition) is 1. The summed E-state index contributed by atoms with van der Waals surface area (Å²) in [5.41, 5.74) is 1.27. The van der Waals surface area contributed by atoms with Crippen LogP contribution in [0.2, 0.25) is 5.15 Å². The van der Waals surface area contributed by atoms with Crippen LogP contribution in [0.25, 0.3) is 0 Å². The van der Waals surface area contributed by atoms with E-state index in [9.17, 15) is 4.79 Å². The highest BCUT2D eigenvalue weighted by Gasteiger charge is 2.13. The van der Waals surface area contributed by atoms with Crippen molar-refractivity contribution in [2.45, 2.75) is 26.1 Å². The molecule has 1 rings (SSSR count). The molecule has 0 bridgehead atoms. The molecule has 106 valence electrons. The standard InChI is InChI=1S/C13H19ClN2O3/c1-8(2)10-5-9(6-11(14)16-10)13(17)15-7-12(18-3)19-4/h5-6,8,12H,7H2,1-4H3,(H,15,17). The lowest BCUT2D eigenvalue weighted by molar-refractivity contribution is -0.0974. The molecular formula is C13H19ClN2O3. The minimum atomic E-state index is -0.467. The van der Waals surface area contributed by atoms with Crippen LogP contribution in [0.1, 0.15) is 35.8 Å². The second kappa shape index (κ2) is 7.43. The van der Waals surface area contributed by atoms with Crippen LogP contribution in [-0.4, -0.2) is 37.9 Å². The maximum absolute atomic E-state index is 12.0. The van der Waals surface area contributed by atoms with Crippen molar-refractivity contribution < 1.29 is 14.3 Å². The molecule has 0 saturated carbocycles. The molecule has 5 nitrogen and oxygen atoms in total. The Morgan fingerprint density at radius 1 is 1.37 bits per heavy atom. The largest absolute Gasteiger partial charge is 0.354 e. The zero-order chi connectivity index (χ0) is 14.4. The number of rotatable bonds is 6. The summed E-state index contributed by atoms with van der Waals surface area (Å²) >= 11 is 5.91. The quantitative estimate of drug-likeness (QED) is 0.643. The van der Waals surface area contributed by atoms with Gasteiger partial charge in [-0.2, -0.15) is 0 Å². The van der Waals surface area contributed by atoms with E-state index in [2.05, 4.69) is 10.3 Å². The summed E-state index contributed by atoms with van der Waals surface area (Å²) in [6.07, 6.45) is -0.467. The number of amides is 1. The molecule has 0 saturated heterocycles. The Kier molecular flexibility index (Phi) is 6.21. The second-order valence-electron chi connectivity index (χ2n) is 4.37. The van der Waals surface area contributed by atoms with Gasteiger partial charge in [0.2, 0.25) is 0 Å². The number of ether oxygens (including phenoxy) is 2. The molecule has 0 aliphatic carbocycles. The van der Waals surface area contributed by atoms with Crippen molar-refractivity contribution in [1.82, 2.24) is 10.3 Å². The number of halogens is 1. The number of methoxy groups -OCH3 is 2. The first-order valence-electron chi connectivity index (χ1n) is 5.99. The van der Waals surface area contributed by atoms with E-state index in [0.717, 1.165) is 5.69 Å². The highest BCUT2D eigenvalue weighted by atomic mass is 35.5. The topological polar surface area (TPSA) is 60.5 Å². The smallest absolute Gasteiger partial charge is 0.251 e. The predicted molar refractivity (Wildman–Crippen MR) is 73.5 cm³/mol. The molecule has 0 aromatic carbocycles. The van der Waals surface area contributed by atoms with Crippen LogP contribution >= 0.6 is 11.6 Å². The van der Waals surface area contributed by atoms with Crippen molar-refractivity contribution in [3.8, 4) is 0 Å². The summed E-state index contributed by atoms with van der Waals surface area (Å²) in [6.45, 7) is 4.25. The Balaban J connectivity index is 2.76. The Morgan fingerprint density at radius 2 is 2.00 bits per heavy atom. The lowest BCUT2D eigenvalue weighted by Gasteiger charge is -2.14. The summed E-state index contributed by atoms with van der Waals surface area (Å²) in [7, 11) is 3.03. The molecule has 1 aromatic heterocycles. The predicted octanol–water partition coefficient (Wildman–Crippen LogP) is 2.21. The molecule has 0 aliphatic rings. The molecule has 19 heavy (non-hydrogen) atoms. The normalized spacial score (nSPS) is 11.1. The highest BCUT2D eigenvalue weighted by molar-refractivity contribution is 6.29. The first-order valence-corrected chi connectivity index (χ1v) is 6.37. The average molecular weight is 287 g/mol. The highest BCUT2D eigenvalue weighted by Crippen LogP contribution is 2.17. The Bertz CT molecular complexity index is 434. The molecule has 6 heteroatoms. The Labute approximate surface area is 118 Å². The molecule has 0 aliphatic heterocycles. The van der Waals surface area contributed by atoms with Crippen molar-refractivity contribution in [2.75, 3.05) is 20.8 Å². The Morgan fingerprint density at radius 3 is 2.53 bits per heavy atom. The molecule has 1 amide bonds. The van der Waals surface area contributed by atoms with E-state index in [-0.39, 0.29) is 18.4 Å². The molecule has 0 fully saturated rings. The number of pyridine rings is 1. The Hall–Kier alpha value is -1.17. The van der Waals surface area contributed by atoms with Crippen LogP contribution in [0.4, 0.5) is 0 Å². The number of nitrogens with one attached hydrogen (secondary N) is 1. The van der Waals surface area contributed by atoms with Crippen molar-refractivity contribution in [2.24, 2.45) is 0 Å². The van der Waals surface area contributed by atoms with Gasteiger partial charge in [-0.15, -0.1) is 0 Å². The summed E-state index contributed by atoms with van der Waals surface area (Å²) in [4.78, 5) is 16.2. The van der Waals surface area contributed by atoms with Crippen LogP contribution in [0.5, 0.6) is 0 Å². The van der Waals surface area contributed by atoms with Gasteiger partial charge in [0, 0.05) is 25.5 Å². The zero-order valence-electron chi connectivity index (χ0n) is 11.6. The molecule has 0 unspecified atom stereocenters. The minimum absolute atomic E-state index is 0.205. The third-order valence-electron chi connectivity index (χ3n) is 2.62. The maximum Gasteiger partial charge on any atom is 0.251 e. The van der Waals surface area contributed by atoms with Gasteiger partial charge < -0.3 is 14.8 Å². The average Bonchev–Trinajstić information content (AvgIpc) is 2.38. The monoisotopic (exact) mass is 286 g/mol. The minimum Gasteiger partial charge on any atom is -0.354 e. The van der Waals surface area contributed by atoms with E-state index in [4.69, 9.17) is 21.1 Å². The van der Waals surface area contributed by atoms with Gasteiger partial charge in [-0.05, 0) is 18.1 Å². The van der Waals surface area contributed by atoms with E-state index >= 15 is 0 Å². The molecule has 1 N–H and O–H groups in total. The fourth-order valence-corrected chi connectivity index (χ4v) is 1.70. The number of hydrogen-bond acceptors (Lipinski definition) is 4. The molecule has 0 atom stereocenters. The van der Waals surface area contributed by atoms with E-state index in [1.807, 2.05) is 13.8 Å². The van der Waals surface area contributed by atoms with Gasteiger partial charge in [-0.1, -0.05) is 25.4 Å². The summed E-state index contributed by atoms with van der Waals surface area (Å²) in [5, 5.41) is 3.03.